The van der Waals surface area contributed by atoms with E-state index in [-0.39, 0.29) is 0 Å². The quantitative estimate of drug-likeness (QED) is 0.640. The van der Waals surface area contributed by atoms with Crippen molar-refractivity contribution in [2.75, 3.05) is 0 Å². The van der Waals surface area contributed by atoms with E-state index in [9.17, 15) is 0 Å². The Morgan fingerprint density at radius 3 is 2.32 bits per heavy atom. The van der Waals surface area contributed by atoms with E-state index < -0.39 is 0 Å². The van der Waals surface area contributed by atoms with Crippen molar-refractivity contribution in [1.29, 1.82) is 0 Å². The number of rotatable bonds is 0. The molecule has 0 aliphatic heterocycles. The van der Waals surface area contributed by atoms with Crippen LogP contribution in [0.3, 0.4) is 0 Å². The first-order valence-corrected chi connectivity index (χ1v) is 9.45. The Morgan fingerprint density at radius 2 is 1.53 bits per heavy atom. The Morgan fingerprint density at radius 1 is 0.789 bits per heavy atom. The normalized spacial score (nSPS) is 107. The third-order valence-electron chi connectivity index (χ3n) is 12.8. The summed E-state index contributed by atoms with van der Waals surface area (Å²) in [5.74, 6) is 10.9. The van der Waals surface area contributed by atoms with Crippen LogP contribution in [0.2, 0.25) is 0 Å². The number of thiol groups is 1. The fourth-order valence-electron chi connectivity index (χ4n) is 14.0. The first kappa shape index (κ1) is 8.11. The molecule has 0 aromatic heterocycles. The molecular formula is C18H18S. The van der Waals surface area contributed by atoms with Gasteiger partial charge in [-0.2, -0.15) is 12.6 Å². The van der Waals surface area contributed by atoms with Gasteiger partial charge in [-0.05, 0) is 95.2 Å². The second kappa shape index (κ2) is 1.47. The van der Waals surface area contributed by atoms with Crippen molar-refractivity contribution in [2.45, 2.75) is 30.4 Å². The maximum absolute atomic E-state index is 5.51. The lowest BCUT2D eigenvalue weighted by Crippen LogP contribution is -3.24. The fraction of sp³-hybridized carbons (Fsp3) is 1.00. The molecule has 13 unspecified atom stereocenters. The second-order valence-electron chi connectivity index (χ2n) is 10.6. The Labute approximate surface area is 118 Å². The molecular weight excluding hydrogens is 248 g/mol. The smallest absolute Gasteiger partial charge is 0.0271 e. The van der Waals surface area contributed by atoms with Gasteiger partial charge in [-0.25, -0.2) is 0 Å². The Bertz CT molecular complexity index is 729. The van der Waals surface area contributed by atoms with E-state index in [2.05, 4.69) is 0 Å². The van der Waals surface area contributed by atoms with Crippen LogP contribution in [0.15, 0.2) is 0 Å². The molecule has 0 radical (unpaired) electrons. The van der Waals surface area contributed by atoms with E-state index in [1.54, 1.807) is 25.7 Å². The molecule has 10 rings (SSSR count). The summed E-state index contributed by atoms with van der Waals surface area (Å²) in [4.78, 5) is 0. The third kappa shape index (κ3) is 0.272. The molecule has 0 bridgehead atoms. The van der Waals surface area contributed by atoms with Gasteiger partial charge in [0.2, 0.25) is 0 Å². The van der Waals surface area contributed by atoms with Gasteiger partial charge >= 0.3 is 0 Å². The summed E-state index contributed by atoms with van der Waals surface area (Å²) in [6, 6.07) is 0. The number of hydrogen-bond donors (Lipinski definition) is 1. The van der Waals surface area contributed by atoms with Gasteiger partial charge in [-0.1, -0.05) is 0 Å². The Hall–Kier alpha value is 0.350. The van der Waals surface area contributed by atoms with E-state index in [0.29, 0.717) is 4.75 Å². The largest absolute Gasteiger partial charge is 0.171 e. The first-order chi connectivity index (χ1) is 9.27. The minimum absolute atomic E-state index is 0.614. The molecule has 10 aliphatic rings. The summed E-state index contributed by atoms with van der Waals surface area (Å²) in [5, 5.41) is 0. The molecule has 96 valence electrons. The average molecular weight is 266 g/mol. The van der Waals surface area contributed by atoms with Crippen molar-refractivity contribution in [3.05, 3.63) is 0 Å². The van der Waals surface area contributed by atoms with Crippen LogP contribution in [-0.4, -0.2) is 4.75 Å². The van der Waals surface area contributed by atoms with Crippen LogP contribution in [0.25, 0.3) is 0 Å². The summed E-state index contributed by atoms with van der Waals surface area (Å²) in [7, 11) is 0. The van der Waals surface area contributed by atoms with Crippen LogP contribution in [0, 0.1) is 74.9 Å². The molecule has 0 aromatic rings. The zero-order valence-corrected chi connectivity index (χ0v) is 11.9. The highest BCUT2D eigenvalue weighted by molar-refractivity contribution is 7.82. The molecule has 0 N–H and O–H groups in total. The lowest BCUT2D eigenvalue weighted by atomic mass is 8.79. The number of fused-ring (bicyclic) bond motifs is 6. The van der Waals surface area contributed by atoms with Crippen molar-refractivity contribution in [2.24, 2.45) is 74.9 Å². The Kier molecular flexibility index (Phi) is 0.626. The summed E-state index contributed by atoms with van der Waals surface area (Å²) >= 11 is 5.51. The molecule has 10 aliphatic carbocycles. The third-order valence-corrected chi connectivity index (χ3v) is 13.7. The predicted molar refractivity (Wildman–Crippen MR) is 71.3 cm³/mol. The molecule has 0 nitrogen and oxygen atoms in total. The SMILES string of the molecule is S[C@]12C3CC4CC5C6C7C8CC9CC%10C1C7(C98%10)C62C453. The molecule has 0 aromatic carbocycles. The minimum atomic E-state index is 0.614. The van der Waals surface area contributed by atoms with Crippen molar-refractivity contribution >= 4 is 12.6 Å². The molecule has 0 saturated heterocycles. The van der Waals surface area contributed by atoms with E-state index in [1.165, 1.54) is 41.4 Å². The van der Waals surface area contributed by atoms with Crippen molar-refractivity contribution in [3.8, 4) is 0 Å². The van der Waals surface area contributed by atoms with Crippen molar-refractivity contribution in [1.82, 2.24) is 0 Å². The number of hydrogen-bond acceptors (Lipinski definition) is 1. The minimum Gasteiger partial charge on any atom is -0.171 e. The fourth-order valence-corrected chi connectivity index (χ4v) is 15.3. The van der Waals surface area contributed by atoms with Crippen LogP contribution in [0.4, 0.5) is 0 Å². The molecule has 14 atom stereocenters. The highest BCUT2D eigenvalue weighted by Gasteiger charge is 3.24. The molecule has 1 heteroatoms. The topological polar surface area (TPSA) is 0 Å². The Balaban J connectivity index is 1.38. The highest BCUT2D eigenvalue weighted by atomic mass is 32.1. The summed E-state index contributed by atoms with van der Waals surface area (Å²) < 4.78 is 0.614. The van der Waals surface area contributed by atoms with E-state index in [1.807, 2.05) is 0 Å². The zero-order valence-electron chi connectivity index (χ0n) is 11.0. The van der Waals surface area contributed by atoms with E-state index in [4.69, 9.17) is 12.6 Å². The maximum Gasteiger partial charge on any atom is 0.0271 e. The van der Waals surface area contributed by atoms with Crippen LogP contribution < -0.4 is 0 Å². The first-order valence-electron chi connectivity index (χ1n) is 9.00. The molecule has 10 saturated carbocycles. The van der Waals surface area contributed by atoms with Crippen LogP contribution in [0.1, 0.15) is 25.7 Å². The van der Waals surface area contributed by atoms with E-state index in [0.717, 1.165) is 33.5 Å². The molecule has 10 fully saturated rings. The predicted octanol–water partition coefficient (Wildman–Crippen LogP) is 2.84. The average Bonchev–Trinajstić information content (AvgIpc) is 2.28. The lowest BCUT2D eigenvalue weighted by molar-refractivity contribution is -0.766. The van der Waals surface area contributed by atoms with Crippen LogP contribution in [0.5, 0.6) is 0 Å². The second-order valence-corrected chi connectivity index (χ2v) is 11.3. The van der Waals surface area contributed by atoms with Gasteiger partial charge in [0, 0.05) is 10.2 Å². The molecule has 0 amide bonds. The van der Waals surface area contributed by atoms with E-state index >= 15 is 0 Å². The van der Waals surface area contributed by atoms with Gasteiger partial charge in [0.1, 0.15) is 0 Å². The summed E-state index contributed by atoms with van der Waals surface area (Å²) in [5.41, 5.74) is 3.85. The van der Waals surface area contributed by atoms with Gasteiger partial charge < -0.3 is 0 Å². The summed E-state index contributed by atoms with van der Waals surface area (Å²) in [6.45, 7) is 0. The van der Waals surface area contributed by atoms with Gasteiger partial charge in [0.15, 0.2) is 0 Å². The van der Waals surface area contributed by atoms with Gasteiger partial charge in [-0.3, -0.25) is 0 Å². The lowest BCUT2D eigenvalue weighted by Gasteiger charge is -3.25. The van der Waals surface area contributed by atoms with Crippen molar-refractivity contribution in [3.63, 3.8) is 0 Å². The molecule has 4 spiro atoms. The van der Waals surface area contributed by atoms with Crippen LogP contribution >= 0.6 is 12.6 Å². The standard InChI is InChI=1S/C18H18S/c19-17-10-4-6-2-8-12-11-7-1-5-3-9-13(17)16(11,14(5,7)9)18(12,17)15(6,8)10/h5-13,19H,1-4H2/t5?,6?,7?,8?,9?,10?,11?,12?,13?,14?,15?,16?,17-,18?/m1/s1. The molecule has 19 heavy (non-hydrogen) atoms. The van der Waals surface area contributed by atoms with Crippen LogP contribution in [-0.2, 0) is 0 Å². The van der Waals surface area contributed by atoms with Gasteiger partial charge in [-0.15, -0.1) is 0 Å². The highest BCUT2D eigenvalue weighted by Crippen LogP contribution is 3.25. The van der Waals surface area contributed by atoms with Crippen molar-refractivity contribution < 1.29 is 0 Å². The monoisotopic (exact) mass is 266 g/mol. The maximum atomic E-state index is 5.51. The summed E-state index contributed by atoms with van der Waals surface area (Å²) in [6.07, 6.45) is 6.59. The van der Waals surface area contributed by atoms with Gasteiger partial charge in [0.05, 0.1) is 0 Å². The van der Waals surface area contributed by atoms with Gasteiger partial charge in [0.25, 0.3) is 0 Å². The zero-order chi connectivity index (χ0) is 11.5. The molecule has 0 heterocycles.